The van der Waals surface area contributed by atoms with Gasteiger partial charge in [-0.15, -0.1) is 0 Å². The number of phosphoric ester groups is 1. The van der Waals surface area contributed by atoms with Crippen LogP contribution in [0.4, 0.5) is 0 Å². The maximum absolute atomic E-state index is 10.7. The molecular formula is C7H14BO6P. The fourth-order valence-electron chi connectivity index (χ4n) is 1.55. The molecule has 2 N–H and O–H groups in total. The van der Waals surface area contributed by atoms with Crippen LogP contribution < -0.4 is 0 Å². The zero-order valence-electron chi connectivity index (χ0n) is 8.57. The highest BCUT2D eigenvalue weighted by atomic mass is 31.2. The van der Waals surface area contributed by atoms with Gasteiger partial charge in [-0.1, -0.05) is 6.92 Å². The summed E-state index contributed by atoms with van der Waals surface area (Å²) in [6, 6.07) is -0.596. The molecule has 0 saturated carbocycles. The number of hydrogen-bond donors (Lipinski definition) is 2. The largest absolute Gasteiger partial charge is 0.469 e. The molecule has 1 aliphatic heterocycles. The van der Waals surface area contributed by atoms with Crippen molar-refractivity contribution in [3.8, 4) is 0 Å². The Labute approximate surface area is 89.6 Å². The topological polar surface area (TPSA) is 85.2 Å². The van der Waals surface area contributed by atoms with Crippen molar-refractivity contribution in [3.63, 3.8) is 0 Å². The predicted octanol–water partition coefficient (Wildman–Crippen LogP) is -0.360. The van der Waals surface area contributed by atoms with Crippen LogP contribution in [0.5, 0.6) is 0 Å². The van der Waals surface area contributed by atoms with Gasteiger partial charge in [0.25, 0.3) is 0 Å². The summed E-state index contributed by atoms with van der Waals surface area (Å²) in [7, 11) is 2.53. The summed E-state index contributed by atoms with van der Waals surface area (Å²) >= 11 is 0. The maximum atomic E-state index is 10.7. The normalized spacial score (nSPS) is 37.1. The van der Waals surface area contributed by atoms with E-state index in [0.29, 0.717) is 0 Å². The lowest BCUT2D eigenvalue weighted by Crippen LogP contribution is -2.31. The van der Waals surface area contributed by atoms with Crippen molar-refractivity contribution in [2.75, 3.05) is 13.7 Å². The van der Waals surface area contributed by atoms with E-state index >= 15 is 0 Å². The molecule has 86 valence electrons. The molecule has 0 spiro atoms. The van der Waals surface area contributed by atoms with Gasteiger partial charge < -0.3 is 19.3 Å². The highest BCUT2D eigenvalue weighted by Gasteiger charge is 2.43. The van der Waals surface area contributed by atoms with Gasteiger partial charge in [0.1, 0.15) is 20.1 Å². The summed E-state index contributed by atoms with van der Waals surface area (Å²) in [5.74, 6) is -0.294. The highest BCUT2D eigenvalue weighted by Crippen LogP contribution is 2.43. The lowest BCUT2D eigenvalue weighted by molar-refractivity contribution is -0.0177. The maximum Gasteiger partial charge on any atom is 0.469 e. The Morgan fingerprint density at radius 1 is 1.53 bits per heavy atom. The van der Waals surface area contributed by atoms with Crippen molar-refractivity contribution in [1.82, 2.24) is 0 Å². The van der Waals surface area contributed by atoms with E-state index in [1.165, 1.54) is 7.11 Å². The molecule has 0 bridgehead atoms. The number of phosphoric acid groups is 1. The first kappa shape index (κ1) is 13.2. The SMILES string of the molecule is [B][C@@H]1O[C@H](COC)[C@H](OP(=O)(O)O)C1C. The second kappa shape index (κ2) is 4.95. The third-order valence-electron chi connectivity index (χ3n) is 2.32. The fourth-order valence-corrected chi connectivity index (χ4v) is 2.19. The monoisotopic (exact) mass is 236 g/mol. The van der Waals surface area contributed by atoms with Gasteiger partial charge in [0.15, 0.2) is 0 Å². The standard InChI is InChI=1S/C7H14BO6P/c1-4-6(14-15(9,10)11)5(3-12-2)13-7(4)8/h4-7H,3H2,1-2H3,(H2,9,10,11)/t4?,5-,6-,7-/m1/s1. The minimum atomic E-state index is -4.53. The summed E-state index contributed by atoms with van der Waals surface area (Å²) in [5, 5.41) is 0. The lowest BCUT2D eigenvalue weighted by Gasteiger charge is -2.21. The van der Waals surface area contributed by atoms with E-state index in [4.69, 9.17) is 27.1 Å². The minimum absolute atomic E-state index is 0.183. The quantitative estimate of drug-likeness (QED) is 0.512. The van der Waals surface area contributed by atoms with E-state index in [0.717, 1.165) is 0 Å². The highest BCUT2D eigenvalue weighted by molar-refractivity contribution is 7.46. The Bertz CT molecular complexity index is 256. The van der Waals surface area contributed by atoms with Gasteiger partial charge >= 0.3 is 7.82 Å². The second-order valence-corrected chi connectivity index (χ2v) is 4.71. The van der Waals surface area contributed by atoms with Crippen LogP contribution in [0.25, 0.3) is 0 Å². The molecule has 8 heteroatoms. The van der Waals surface area contributed by atoms with Crippen molar-refractivity contribution >= 4 is 15.7 Å². The summed E-state index contributed by atoms with van der Waals surface area (Å²) in [6.07, 6.45) is -1.30. The molecule has 6 nitrogen and oxygen atoms in total. The second-order valence-electron chi connectivity index (χ2n) is 3.51. The van der Waals surface area contributed by atoms with E-state index in [1.54, 1.807) is 6.92 Å². The van der Waals surface area contributed by atoms with Crippen LogP contribution in [0.2, 0.25) is 0 Å². The predicted molar refractivity (Wildman–Crippen MR) is 52.4 cm³/mol. The number of hydrogen-bond acceptors (Lipinski definition) is 4. The van der Waals surface area contributed by atoms with Gasteiger partial charge in [0, 0.05) is 19.0 Å². The van der Waals surface area contributed by atoms with E-state index < -0.39 is 26.0 Å². The number of rotatable bonds is 4. The van der Waals surface area contributed by atoms with E-state index in [-0.39, 0.29) is 12.5 Å². The van der Waals surface area contributed by atoms with Crippen LogP contribution in [0.3, 0.4) is 0 Å². The number of ether oxygens (including phenoxy) is 2. The first-order valence-corrected chi connectivity index (χ1v) is 6.02. The lowest BCUT2D eigenvalue weighted by atomic mass is 9.86. The first-order valence-electron chi connectivity index (χ1n) is 4.49. The van der Waals surface area contributed by atoms with Crippen molar-refractivity contribution in [1.29, 1.82) is 0 Å². The molecule has 1 aliphatic rings. The van der Waals surface area contributed by atoms with Crippen molar-refractivity contribution in [3.05, 3.63) is 0 Å². The molecule has 0 aromatic carbocycles. The van der Waals surface area contributed by atoms with Crippen LogP contribution in [0, 0.1) is 5.92 Å². The van der Waals surface area contributed by atoms with Crippen LogP contribution in [0.15, 0.2) is 0 Å². The zero-order valence-corrected chi connectivity index (χ0v) is 9.46. The van der Waals surface area contributed by atoms with Gasteiger partial charge in [-0.25, -0.2) is 4.57 Å². The first-order chi connectivity index (χ1) is 6.85. The van der Waals surface area contributed by atoms with E-state index in [1.807, 2.05) is 0 Å². The van der Waals surface area contributed by atoms with Crippen molar-refractivity contribution in [2.45, 2.75) is 25.1 Å². The average molecular weight is 236 g/mol. The molecule has 4 atom stereocenters. The van der Waals surface area contributed by atoms with Gasteiger partial charge in [0.2, 0.25) is 0 Å². The van der Waals surface area contributed by atoms with Crippen LogP contribution in [-0.2, 0) is 18.6 Å². The number of methoxy groups -OCH3 is 1. The zero-order chi connectivity index (χ0) is 11.6. The third-order valence-corrected chi connectivity index (χ3v) is 2.84. The molecule has 1 rings (SSSR count). The van der Waals surface area contributed by atoms with E-state index in [9.17, 15) is 4.57 Å². The molecule has 0 aromatic rings. The van der Waals surface area contributed by atoms with Gasteiger partial charge in [-0.05, 0) is 0 Å². The molecule has 1 heterocycles. The van der Waals surface area contributed by atoms with Gasteiger partial charge in [0.05, 0.1) is 6.61 Å². The minimum Gasteiger partial charge on any atom is -0.382 e. The molecular weight excluding hydrogens is 222 g/mol. The van der Waals surface area contributed by atoms with Gasteiger partial charge in [-0.2, -0.15) is 0 Å². The molecule has 0 amide bonds. The van der Waals surface area contributed by atoms with Crippen LogP contribution >= 0.6 is 7.82 Å². The smallest absolute Gasteiger partial charge is 0.382 e. The summed E-state index contributed by atoms with van der Waals surface area (Å²) < 4.78 is 25.5. The molecule has 2 radical (unpaired) electrons. The Kier molecular flexibility index (Phi) is 4.34. The van der Waals surface area contributed by atoms with Crippen molar-refractivity contribution in [2.24, 2.45) is 5.92 Å². The molecule has 0 aromatic heterocycles. The summed E-state index contributed by atoms with van der Waals surface area (Å²) in [4.78, 5) is 17.4. The van der Waals surface area contributed by atoms with Crippen LogP contribution in [0.1, 0.15) is 6.92 Å². The van der Waals surface area contributed by atoms with Crippen LogP contribution in [-0.4, -0.2) is 49.6 Å². The third kappa shape index (κ3) is 3.55. The Morgan fingerprint density at radius 3 is 2.60 bits per heavy atom. The Morgan fingerprint density at radius 2 is 2.13 bits per heavy atom. The average Bonchev–Trinajstić information content (AvgIpc) is 2.32. The molecule has 0 aliphatic carbocycles. The fraction of sp³-hybridized carbons (Fsp3) is 1.00. The Hall–Kier alpha value is 0.0949. The molecule has 15 heavy (non-hydrogen) atoms. The Balaban J connectivity index is 2.68. The molecule has 1 fully saturated rings. The van der Waals surface area contributed by atoms with E-state index in [2.05, 4.69) is 4.52 Å². The van der Waals surface area contributed by atoms with Gasteiger partial charge in [-0.3, -0.25) is 4.52 Å². The summed E-state index contributed by atoms with van der Waals surface area (Å²) in [6.45, 7) is 1.89. The molecule has 1 saturated heterocycles. The van der Waals surface area contributed by atoms with Crippen molar-refractivity contribution < 1.29 is 28.3 Å². The summed E-state index contributed by atoms with van der Waals surface area (Å²) in [5.41, 5.74) is 0. The molecule has 1 unspecified atom stereocenters.